The predicted molar refractivity (Wildman–Crippen MR) is 32.3 cm³/mol. The van der Waals surface area contributed by atoms with Crippen LogP contribution in [0.4, 0.5) is 0 Å². The van der Waals surface area contributed by atoms with Crippen molar-refractivity contribution in [2.45, 2.75) is 0 Å². The van der Waals surface area contributed by atoms with Crippen LogP contribution in [0.5, 0.6) is 0 Å². The molecule has 0 radical (unpaired) electrons. The number of hydrogen-bond acceptors (Lipinski definition) is 2. The second kappa shape index (κ2) is 2.52. The van der Waals surface area contributed by atoms with E-state index in [1.54, 1.807) is 0 Å². The van der Waals surface area contributed by atoms with Gasteiger partial charge in [0.25, 0.3) is 0 Å². The molecule has 44 valence electrons. The Hall–Kier alpha value is -0.760. The summed E-state index contributed by atoms with van der Waals surface area (Å²) in [5.41, 5.74) is 1.03. The first-order valence-corrected chi connectivity index (χ1v) is 2.62. The van der Waals surface area contributed by atoms with E-state index in [0.717, 1.165) is 12.1 Å². The molecule has 0 saturated heterocycles. The van der Waals surface area contributed by atoms with Crippen LogP contribution in [0.15, 0.2) is 23.9 Å². The second-order valence-corrected chi connectivity index (χ2v) is 1.72. The fourth-order valence-electron chi connectivity index (χ4n) is 0.610. The first kappa shape index (κ1) is 5.38. The van der Waals surface area contributed by atoms with Gasteiger partial charge < -0.3 is 10.4 Å². The Morgan fingerprint density at radius 2 is 2.62 bits per heavy atom. The Morgan fingerprint density at radius 3 is 3.00 bits per heavy atom. The quantitative estimate of drug-likeness (QED) is 0.500. The van der Waals surface area contributed by atoms with Gasteiger partial charge in [-0.1, -0.05) is 6.08 Å². The standard InChI is InChI=1S/C6H9NO/c8-5-6-2-1-3-7-4-6/h1-3,7-8H,4-5H2. The van der Waals surface area contributed by atoms with Gasteiger partial charge in [0.05, 0.1) is 6.61 Å². The van der Waals surface area contributed by atoms with Crippen molar-refractivity contribution in [1.29, 1.82) is 0 Å². The molecule has 1 aliphatic heterocycles. The molecule has 0 fully saturated rings. The molecule has 0 amide bonds. The molecule has 0 aromatic heterocycles. The van der Waals surface area contributed by atoms with Gasteiger partial charge in [0.1, 0.15) is 0 Å². The molecule has 0 atom stereocenters. The monoisotopic (exact) mass is 111 g/mol. The van der Waals surface area contributed by atoms with E-state index >= 15 is 0 Å². The van der Waals surface area contributed by atoms with E-state index in [9.17, 15) is 0 Å². The van der Waals surface area contributed by atoms with Crippen molar-refractivity contribution >= 4 is 0 Å². The molecule has 1 rings (SSSR count). The highest BCUT2D eigenvalue weighted by Gasteiger charge is 1.93. The van der Waals surface area contributed by atoms with E-state index in [-0.39, 0.29) is 6.61 Å². The summed E-state index contributed by atoms with van der Waals surface area (Å²) in [6, 6.07) is 0. The van der Waals surface area contributed by atoms with Crippen LogP contribution >= 0.6 is 0 Å². The van der Waals surface area contributed by atoms with Gasteiger partial charge in [0.15, 0.2) is 0 Å². The van der Waals surface area contributed by atoms with Gasteiger partial charge in [0.2, 0.25) is 0 Å². The molecule has 0 spiro atoms. The van der Waals surface area contributed by atoms with Gasteiger partial charge in [-0.2, -0.15) is 0 Å². The summed E-state index contributed by atoms with van der Waals surface area (Å²) >= 11 is 0. The Labute approximate surface area is 48.5 Å². The topological polar surface area (TPSA) is 32.3 Å². The van der Waals surface area contributed by atoms with Crippen LogP contribution < -0.4 is 5.32 Å². The minimum atomic E-state index is 0.164. The number of nitrogens with one attached hydrogen (secondary N) is 1. The Bertz CT molecular complexity index is 126. The molecule has 0 aliphatic carbocycles. The molecule has 0 unspecified atom stereocenters. The average molecular weight is 111 g/mol. The zero-order valence-electron chi connectivity index (χ0n) is 4.59. The molecule has 2 heteroatoms. The Balaban J connectivity index is 2.50. The summed E-state index contributed by atoms with van der Waals surface area (Å²) in [6.45, 7) is 0.949. The summed E-state index contributed by atoms with van der Waals surface area (Å²) in [5, 5.41) is 11.5. The van der Waals surface area contributed by atoms with Gasteiger partial charge in [-0.25, -0.2) is 0 Å². The van der Waals surface area contributed by atoms with E-state index in [4.69, 9.17) is 5.11 Å². The van der Waals surface area contributed by atoms with Crippen LogP contribution in [0, 0.1) is 0 Å². The molecule has 1 aliphatic rings. The zero-order chi connectivity index (χ0) is 5.82. The largest absolute Gasteiger partial charge is 0.392 e. The average Bonchev–Trinajstić information content (AvgIpc) is 1.90. The normalized spacial score (nSPS) is 17.4. The summed E-state index contributed by atoms with van der Waals surface area (Å²) in [6.07, 6.45) is 5.66. The molecule has 0 saturated carbocycles. The third kappa shape index (κ3) is 1.10. The highest BCUT2D eigenvalue weighted by molar-refractivity contribution is 5.18. The molecule has 2 nitrogen and oxygen atoms in total. The van der Waals surface area contributed by atoms with Gasteiger partial charge in [0, 0.05) is 6.54 Å². The number of rotatable bonds is 1. The second-order valence-electron chi connectivity index (χ2n) is 1.72. The number of allylic oxidation sites excluding steroid dienone is 2. The Morgan fingerprint density at radius 1 is 1.75 bits per heavy atom. The molecule has 0 aromatic carbocycles. The highest BCUT2D eigenvalue weighted by atomic mass is 16.3. The van der Waals surface area contributed by atoms with Crippen molar-refractivity contribution in [2.75, 3.05) is 13.2 Å². The molecule has 8 heavy (non-hydrogen) atoms. The highest BCUT2D eigenvalue weighted by Crippen LogP contribution is 1.94. The fraction of sp³-hybridized carbons (Fsp3) is 0.333. The van der Waals surface area contributed by atoms with Crippen LogP contribution in [0.3, 0.4) is 0 Å². The third-order valence-corrected chi connectivity index (χ3v) is 1.08. The maximum Gasteiger partial charge on any atom is 0.0661 e. The van der Waals surface area contributed by atoms with Gasteiger partial charge in [-0.3, -0.25) is 0 Å². The zero-order valence-corrected chi connectivity index (χ0v) is 4.59. The molecule has 2 N–H and O–H groups in total. The molecular weight excluding hydrogens is 102 g/mol. The first-order valence-electron chi connectivity index (χ1n) is 2.62. The lowest BCUT2D eigenvalue weighted by Gasteiger charge is -2.05. The SMILES string of the molecule is OCC1=CC=CNC1. The van der Waals surface area contributed by atoms with E-state index in [2.05, 4.69) is 5.32 Å². The maximum atomic E-state index is 8.55. The van der Waals surface area contributed by atoms with Gasteiger partial charge in [-0.15, -0.1) is 0 Å². The van der Waals surface area contributed by atoms with Crippen molar-refractivity contribution in [3.8, 4) is 0 Å². The molecule has 0 aromatic rings. The van der Waals surface area contributed by atoms with E-state index < -0.39 is 0 Å². The first-order chi connectivity index (χ1) is 3.93. The summed E-state index contributed by atoms with van der Waals surface area (Å²) in [7, 11) is 0. The van der Waals surface area contributed by atoms with Crippen LogP contribution in [-0.4, -0.2) is 18.3 Å². The lowest BCUT2D eigenvalue weighted by Crippen LogP contribution is -2.14. The molecule has 1 heterocycles. The predicted octanol–water partition coefficient (Wildman–Crippen LogP) is 0.0220. The summed E-state index contributed by atoms with van der Waals surface area (Å²) in [4.78, 5) is 0. The van der Waals surface area contributed by atoms with Crippen molar-refractivity contribution in [1.82, 2.24) is 5.32 Å². The van der Waals surface area contributed by atoms with Crippen LogP contribution in [0.2, 0.25) is 0 Å². The molecular formula is C6H9NO. The third-order valence-electron chi connectivity index (χ3n) is 1.08. The number of hydrogen-bond donors (Lipinski definition) is 2. The molecule has 0 bridgehead atoms. The Kier molecular flexibility index (Phi) is 1.70. The summed E-state index contributed by atoms with van der Waals surface area (Å²) < 4.78 is 0. The van der Waals surface area contributed by atoms with Crippen molar-refractivity contribution in [2.24, 2.45) is 0 Å². The minimum absolute atomic E-state index is 0.164. The van der Waals surface area contributed by atoms with Crippen LogP contribution in [0.1, 0.15) is 0 Å². The van der Waals surface area contributed by atoms with Crippen molar-refractivity contribution in [3.63, 3.8) is 0 Å². The van der Waals surface area contributed by atoms with E-state index in [0.29, 0.717) is 0 Å². The minimum Gasteiger partial charge on any atom is -0.392 e. The van der Waals surface area contributed by atoms with Crippen molar-refractivity contribution < 1.29 is 5.11 Å². The maximum absolute atomic E-state index is 8.55. The van der Waals surface area contributed by atoms with Gasteiger partial charge >= 0.3 is 0 Å². The lowest BCUT2D eigenvalue weighted by molar-refractivity contribution is 0.328. The smallest absolute Gasteiger partial charge is 0.0661 e. The number of dihydropyridines is 1. The van der Waals surface area contributed by atoms with Crippen LogP contribution in [-0.2, 0) is 0 Å². The van der Waals surface area contributed by atoms with Crippen molar-refractivity contribution in [3.05, 3.63) is 23.9 Å². The number of aliphatic hydroxyl groups excluding tert-OH is 1. The van der Waals surface area contributed by atoms with E-state index in [1.807, 2.05) is 18.4 Å². The van der Waals surface area contributed by atoms with Gasteiger partial charge in [-0.05, 0) is 17.8 Å². The summed E-state index contributed by atoms with van der Waals surface area (Å²) in [5.74, 6) is 0. The lowest BCUT2D eigenvalue weighted by atomic mass is 10.2. The fourth-order valence-corrected chi connectivity index (χ4v) is 0.610. The van der Waals surface area contributed by atoms with Crippen LogP contribution in [0.25, 0.3) is 0 Å². The number of aliphatic hydroxyl groups is 1. The van der Waals surface area contributed by atoms with E-state index in [1.165, 1.54) is 0 Å².